The Morgan fingerprint density at radius 2 is 2.43 bits per heavy atom. The van der Waals surface area contributed by atoms with E-state index in [1.807, 2.05) is 23.2 Å². The Balaban J connectivity index is 2.55. The fourth-order valence-corrected chi connectivity index (χ4v) is 2.88. The van der Waals surface area contributed by atoms with Crippen LogP contribution in [0, 0.1) is 0 Å². The predicted octanol–water partition coefficient (Wildman–Crippen LogP) is 2.37. The molecule has 0 aliphatic rings. The molecule has 0 bridgehead atoms. The first-order valence-electron chi connectivity index (χ1n) is 4.19. The molecule has 14 heavy (non-hydrogen) atoms. The summed E-state index contributed by atoms with van der Waals surface area (Å²) in [4.78, 5) is 1.16. The summed E-state index contributed by atoms with van der Waals surface area (Å²) in [6, 6.07) is 4.07. The number of hydrogen-bond acceptors (Lipinski definition) is 3. The minimum absolute atomic E-state index is 0.495. The Labute approximate surface area is 94.7 Å². The van der Waals surface area contributed by atoms with Crippen LogP contribution in [-0.2, 0) is 13.6 Å². The predicted molar refractivity (Wildman–Crippen MR) is 62.1 cm³/mol. The molecule has 0 fully saturated rings. The average Bonchev–Trinajstić information content (AvgIpc) is 2.74. The van der Waals surface area contributed by atoms with Gasteiger partial charge in [0, 0.05) is 13.6 Å². The second-order valence-electron chi connectivity index (χ2n) is 2.91. The number of aryl methyl sites for hydroxylation is 1. The van der Waals surface area contributed by atoms with E-state index in [1.54, 1.807) is 11.3 Å². The highest BCUT2D eigenvalue weighted by atomic mass is 79.9. The van der Waals surface area contributed by atoms with Crippen LogP contribution < -0.4 is 5.73 Å². The molecule has 0 radical (unpaired) electrons. The first kappa shape index (κ1) is 9.89. The number of rotatable bonds is 2. The first-order chi connectivity index (χ1) is 6.74. The van der Waals surface area contributed by atoms with Crippen molar-refractivity contribution in [2.24, 2.45) is 12.8 Å². The lowest BCUT2D eigenvalue weighted by Crippen LogP contribution is -2.04. The fourth-order valence-electron chi connectivity index (χ4n) is 1.33. The van der Waals surface area contributed by atoms with Gasteiger partial charge < -0.3 is 5.73 Å². The fraction of sp³-hybridized carbons (Fsp3) is 0.222. The van der Waals surface area contributed by atoms with Gasteiger partial charge in [0.05, 0.1) is 15.0 Å². The molecular weight excluding hydrogens is 262 g/mol. The number of nitrogens with two attached hydrogens (primary N) is 1. The smallest absolute Gasteiger partial charge is 0.117 e. The molecule has 0 aliphatic carbocycles. The van der Waals surface area contributed by atoms with Gasteiger partial charge in [-0.2, -0.15) is 5.10 Å². The highest BCUT2D eigenvalue weighted by molar-refractivity contribution is 9.10. The molecule has 2 N–H and O–H groups in total. The van der Waals surface area contributed by atoms with Crippen LogP contribution in [0.15, 0.2) is 22.0 Å². The Morgan fingerprint density at radius 3 is 2.93 bits per heavy atom. The quantitative estimate of drug-likeness (QED) is 0.912. The second kappa shape index (κ2) is 3.84. The molecule has 0 unspecified atom stereocenters. The van der Waals surface area contributed by atoms with E-state index in [9.17, 15) is 0 Å². The van der Waals surface area contributed by atoms with Crippen LogP contribution in [0.25, 0.3) is 10.6 Å². The van der Waals surface area contributed by atoms with Gasteiger partial charge in [0.1, 0.15) is 5.69 Å². The van der Waals surface area contributed by atoms with Crippen LogP contribution in [0.3, 0.4) is 0 Å². The Kier molecular flexibility index (Phi) is 2.71. The van der Waals surface area contributed by atoms with Crippen molar-refractivity contribution in [3.63, 3.8) is 0 Å². The molecule has 2 rings (SSSR count). The summed E-state index contributed by atoms with van der Waals surface area (Å²) in [7, 11) is 1.91. The maximum atomic E-state index is 5.63. The van der Waals surface area contributed by atoms with E-state index in [0.717, 1.165) is 20.7 Å². The maximum Gasteiger partial charge on any atom is 0.117 e. The molecule has 0 saturated heterocycles. The summed E-state index contributed by atoms with van der Waals surface area (Å²) < 4.78 is 2.82. The van der Waals surface area contributed by atoms with Crippen molar-refractivity contribution in [2.75, 3.05) is 0 Å². The molecule has 3 nitrogen and oxygen atoms in total. The molecular formula is C9H10BrN3S. The average molecular weight is 272 g/mol. The highest BCUT2D eigenvalue weighted by Gasteiger charge is 2.14. The van der Waals surface area contributed by atoms with Gasteiger partial charge in [0.2, 0.25) is 0 Å². The zero-order chi connectivity index (χ0) is 10.1. The molecule has 0 amide bonds. The van der Waals surface area contributed by atoms with Gasteiger partial charge in [0.15, 0.2) is 0 Å². The van der Waals surface area contributed by atoms with E-state index in [0.29, 0.717) is 6.54 Å². The monoisotopic (exact) mass is 271 g/mol. The number of halogens is 1. The third-order valence-electron chi connectivity index (χ3n) is 2.05. The van der Waals surface area contributed by atoms with Crippen molar-refractivity contribution in [1.82, 2.24) is 9.78 Å². The van der Waals surface area contributed by atoms with Gasteiger partial charge in [-0.05, 0) is 27.4 Å². The van der Waals surface area contributed by atoms with Crippen LogP contribution in [0.1, 0.15) is 5.69 Å². The van der Waals surface area contributed by atoms with Gasteiger partial charge in [-0.1, -0.05) is 6.07 Å². The molecule has 2 heterocycles. The number of hydrogen-bond donors (Lipinski definition) is 1. The minimum Gasteiger partial charge on any atom is -0.325 e. The molecule has 0 aromatic carbocycles. The lowest BCUT2D eigenvalue weighted by Gasteiger charge is -1.95. The molecule has 0 spiro atoms. The van der Waals surface area contributed by atoms with Gasteiger partial charge in [0.25, 0.3) is 0 Å². The number of aromatic nitrogens is 2. The molecule has 2 aromatic heterocycles. The first-order valence-corrected chi connectivity index (χ1v) is 5.86. The minimum atomic E-state index is 0.495. The topological polar surface area (TPSA) is 43.8 Å². The highest BCUT2D eigenvalue weighted by Crippen LogP contribution is 2.32. The van der Waals surface area contributed by atoms with E-state index < -0.39 is 0 Å². The van der Waals surface area contributed by atoms with Crippen LogP contribution in [-0.4, -0.2) is 9.78 Å². The van der Waals surface area contributed by atoms with Crippen LogP contribution in [0.4, 0.5) is 0 Å². The summed E-state index contributed by atoms with van der Waals surface area (Å²) in [5.74, 6) is 0. The number of nitrogens with zero attached hydrogens (tertiary/aromatic N) is 2. The zero-order valence-electron chi connectivity index (χ0n) is 7.70. The standard InChI is InChI=1S/C9H10BrN3S/c1-13-6(5-11)8(10)9(12-13)7-3-2-4-14-7/h2-4H,5,11H2,1H3. The summed E-state index contributed by atoms with van der Waals surface area (Å²) in [5.41, 5.74) is 7.63. The molecule has 74 valence electrons. The Bertz CT molecular complexity index is 433. The third kappa shape index (κ3) is 1.51. The summed E-state index contributed by atoms with van der Waals surface area (Å²) >= 11 is 5.20. The van der Waals surface area contributed by atoms with Gasteiger partial charge in [-0.3, -0.25) is 4.68 Å². The second-order valence-corrected chi connectivity index (χ2v) is 4.66. The molecule has 0 atom stereocenters. The SMILES string of the molecule is Cn1nc(-c2cccs2)c(Br)c1CN. The van der Waals surface area contributed by atoms with Gasteiger partial charge in [-0.25, -0.2) is 0 Å². The van der Waals surface area contributed by atoms with E-state index in [4.69, 9.17) is 5.73 Å². The van der Waals surface area contributed by atoms with Crippen molar-refractivity contribution in [2.45, 2.75) is 6.54 Å². The molecule has 0 aliphatic heterocycles. The molecule has 5 heteroatoms. The lowest BCUT2D eigenvalue weighted by molar-refractivity contribution is 0.713. The van der Waals surface area contributed by atoms with Gasteiger partial charge in [-0.15, -0.1) is 11.3 Å². The van der Waals surface area contributed by atoms with Crippen molar-refractivity contribution < 1.29 is 0 Å². The van der Waals surface area contributed by atoms with E-state index in [1.165, 1.54) is 0 Å². The molecule has 0 saturated carbocycles. The summed E-state index contributed by atoms with van der Waals surface area (Å²) in [6.07, 6.45) is 0. The normalized spacial score (nSPS) is 10.8. The van der Waals surface area contributed by atoms with Crippen molar-refractivity contribution >= 4 is 27.3 Å². The van der Waals surface area contributed by atoms with E-state index >= 15 is 0 Å². The molecule has 2 aromatic rings. The van der Waals surface area contributed by atoms with Crippen molar-refractivity contribution in [1.29, 1.82) is 0 Å². The summed E-state index contributed by atoms with van der Waals surface area (Å²) in [6.45, 7) is 0.495. The maximum absolute atomic E-state index is 5.63. The van der Waals surface area contributed by atoms with E-state index in [2.05, 4.69) is 27.1 Å². The Hall–Kier alpha value is -0.650. The van der Waals surface area contributed by atoms with Crippen LogP contribution in [0.2, 0.25) is 0 Å². The number of thiophene rings is 1. The third-order valence-corrected chi connectivity index (χ3v) is 3.76. The largest absolute Gasteiger partial charge is 0.325 e. The zero-order valence-corrected chi connectivity index (χ0v) is 10.1. The van der Waals surface area contributed by atoms with Crippen molar-refractivity contribution in [3.05, 3.63) is 27.7 Å². The lowest BCUT2D eigenvalue weighted by atomic mass is 10.3. The van der Waals surface area contributed by atoms with Gasteiger partial charge >= 0.3 is 0 Å². The van der Waals surface area contributed by atoms with Crippen LogP contribution in [0.5, 0.6) is 0 Å². The van der Waals surface area contributed by atoms with Crippen molar-refractivity contribution in [3.8, 4) is 10.6 Å². The summed E-state index contributed by atoms with van der Waals surface area (Å²) in [5, 5.41) is 6.46. The Morgan fingerprint density at radius 1 is 1.64 bits per heavy atom. The van der Waals surface area contributed by atoms with E-state index in [-0.39, 0.29) is 0 Å². The van der Waals surface area contributed by atoms with Crippen LogP contribution >= 0.6 is 27.3 Å².